The molecule has 0 N–H and O–H groups in total. The van der Waals surface area contributed by atoms with E-state index in [-0.39, 0.29) is 23.6 Å². The number of hydrogen-bond acceptors (Lipinski definition) is 6. The molecule has 68 heavy (non-hydrogen) atoms. The molecule has 2 aliphatic carbocycles. The van der Waals surface area contributed by atoms with Crippen molar-refractivity contribution < 1.29 is 19.2 Å². The van der Waals surface area contributed by atoms with E-state index in [1.54, 1.807) is 12.1 Å². The molecule has 0 spiro atoms. The van der Waals surface area contributed by atoms with Crippen molar-refractivity contribution in [3.63, 3.8) is 0 Å². The summed E-state index contributed by atoms with van der Waals surface area (Å²) in [6.45, 7) is 0. The summed E-state index contributed by atoms with van der Waals surface area (Å²) in [6, 6.07) is 38.5. The van der Waals surface area contributed by atoms with Crippen molar-refractivity contribution in [1.82, 2.24) is 0 Å². The van der Waals surface area contributed by atoms with Crippen LogP contribution in [-0.4, -0.2) is 51.8 Å². The van der Waals surface area contributed by atoms with Gasteiger partial charge in [-0.15, -0.1) is 0 Å². The fourth-order valence-electron chi connectivity index (χ4n) is 11.2. The summed E-state index contributed by atoms with van der Waals surface area (Å²) in [5.74, 6) is 13.1. The highest BCUT2D eigenvalue weighted by atomic mass is 16.2. The van der Waals surface area contributed by atoms with Crippen molar-refractivity contribution in [2.45, 2.75) is 63.2 Å². The molecular formula is C60H50N4O4. The number of hydrogen-bond donors (Lipinski definition) is 0. The van der Waals surface area contributed by atoms with Gasteiger partial charge in [0.25, 0.3) is 23.6 Å². The van der Waals surface area contributed by atoms with Crippen molar-refractivity contribution in [2.75, 3.05) is 47.8 Å². The van der Waals surface area contributed by atoms with Gasteiger partial charge in [0, 0.05) is 83.1 Å². The number of benzene rings is 7. The van der Waals surface area contributed by atoms with Gasteiger partial charge in [-0.1, -0.05) is 104 Å². The van der Waals surface area contributed by atoms with E-state index in [1.807, 2.05) is 123 Å². The maximum absolute atomic E-state index is 14.4. The summed E-state index contributed by atoms with van der Waals surface area (Å²) in [5, 5.41) is 2.85. The van der Waals surface area contributed by atoms with Crippen molar-refractivity contribution in [1.29, 1.82) is 0 Å². The average Bonchev–Trinajstić information content (AvgIpc) is 4.10. The summed E-state index contributed by atoms with van der Waals surface area (Å²) in [5.41, 5.74) is 9.87. The zero-order chi connectivity index (χ0) is 46.8. The van der Waals surface area contributed by atoms with Crippen LogP contribution in [0.15, 0.2) is 121 Å². The molecule has 8 heteroatoms. The van der Waals surface area contributed by atoms with E-state index in [9.17, 15) is 19.2 Å². The molecule has 0 aromatic heterocycles. The van der Waals surface area contributed by atoms with E-state index in [0.717, 1.165) is 33.3 Å². The van der Waals surface area contributed by atoms with E-state index in [1.165, 1.54) is 72.3 Å². The van der Waals surface area contributed by atoms with Gasteiger partial charge in [-0.05, 0) is 115 Å². The zero-order valence-corrected chi connectivity index (χ0v) is 38.8. The molecule has 0 radical (unpaired) electrons. The Morgan fingerprint density at radius 3 is 1.18 bits per heavy atom. The first-order valence-corrected chi connectivity index (χ1v) is 23.7. The summed E-state index contributed by atoms with van der Waals surface area (Å²) >= 11 is 0. The standard InChI is InChI=1S/C60H50N4O4/c1-61(2)55-43(35-51-53-47(55)18-10-20-49(53)57(65)63(59(51)67)45-30-26-41(27-31-45)39-14-5-6-15-39)24-22-37-12-9-13-38(34-37)23-25-44-36-52-54-48(56(44)62(3)4)19-11-21-50(54)58(66)64(60(52)68)46-32-28-42(29-33-46)40-16-7-8-17-40/h9-13,18-21,26-36,39-40H,5-8,14-17H2,1-4H3. The molecule has 0 bridgehead atoms. The summed E-state index contributed by atoms with van der Waals surface area (Å²) < 4.78 is 0. The number of anilines is 4. The van der Waals surface area contributed by atoms with Crippen molar-refractivity contribution in [3.05, 3.63) is 177 Å². The Bertz CT molecular complexity index is 3180. The highest BCUT2D eigenvalue weighted by Crippen LogP contribution is 2.43. The predicted octanol–water partition coefficient (Wildman–Crippen LogP) is 11.8. The Kier molecular flexibility index (Phi) is 10.7. The molecule has 0 unspecified atom stereocenters. The second-order valence-corrected chi connectivity index (χ2v) is 19.0. The minimum Gasteiger partial charge on any atom is -0.376 e. The van der Waals surface area contributed by atoms with Gasteiger partial charge in [-0.25, -0.2) is 9.80 Å². The Morgan fingerprint density at radius 2 is 0.794 bits per heavy atom. The number of nitrogens with zero attached hydrogens (tertiary/aromatic N) is 4. The van der Waals surface area contributed by atoms with Gasteiger partial charge >= 0.3 is 0 Å². The molecule has 7 aromatic carbocycles. The molecule has 2 aliphatic heterocycles. The first-order chi connectivity index (χ1) is 33.0. The van der Waals surface area contributed by atoms with Crippen LogP contribution in [0.25, 0.3) is 21.5 Å². The molecule has 0 saturated heterocycles. The third-order valence-electron chi connectivity index (χ3n) is 14.4. The SMILES string of the molecule is CN(C)c1c(C#Cc2cccc(C#Cc3cc4c5c(cccc5c3N(C)C)C(=O)N(c3ccc(C5CCCC5)cc3)C4=O)c2)cc2c3c(cccc13)C(=O)N(c1ccc(C3CCCC3)cc1)C2=O. The zero-order valence-electron chi connectivity index (χ0n) is 38.8. The normalized spacial score (nSPS) is 15.8. The highest BCUT2D eigenvalue weighted by Gasteiger charge is 2.37. The van der Waals surface area contributed by atoms with Crippen molar-refractivity contribution in [2.24, 2.45) is 0 Å². The number of rotatable bonds is 6. The van der Waals surface area contributed by atoms with E-state index < -0.39 is 0 Å². The first-order valence-electron chi connectivity index (χ1n) is 23.7. The van der Waals surface area contributed by atoms with Gasteiger partial charge in [0.2, 0.25) is 0 Å². The number of carbonyl (C=O) groups excluding carboxylic acids is 4. The number of carbonyl (C=O) groups is 4. The quantitative estimate of drug-likeness (QED) is 0.122. The molecule has 7 aromatic rings. The molecule has 0 atom stereocenters. The molecule has 334 valence electrons. The highest BCUT2D eigenvalue weighted by molar-refractivity contribution is 6.38. The van der Waals surface area contributed by atoms with Gasteiger partial charge in [-0.2, -0.15) is 0 Å². The fourth-order valence-corrected chi connectivity index (χ4v) is 11.2. The van der Waals surface area contributed by atoms with E-state index in [4.69, 9.17) is 0 Å². The van der Waals surface area contributed by atoms with Crippen LogP contribution >= 0.6 is 0 Å². The summed E-state index contributed by atoms with van der Waals surface area (Å²) in [6.07, 6.45) is 9.58. The van der Waals surface area contributed by atoms with E-state index >= 15 is 0 Å². The molecule has 11 rings (SSSR count). The Hall–Kier alpha value is -7.94. The van der Waals surface area contributed by atoms with Crippen LogP contribution in [0.2, 0.25) is 0 Å². The van der Waals surface area contributed by atoms with E-state index in [2.05, 4.69) is 47.9 Å². The van der Waals surface area contributed by atoms with Crippen molar-refractivity contribution >= 4 is 67.9 Å². The lowest BCUT2D eigenvalue weighted by Gasteiger charge is -2.29. The summed E-state index contributed by atoms with van der Waals surface area (Å²) in [7, 11) is 7.77. The maximum Gasteiger partial charge on any atom is 0.266 e. The molecule has 2 saturated carbocycles. The van der Waals surface area contributed by atoms with Gasteiger partial charge in [0.1, 0.15) is 0 Å². The topological polar surface area (TPSA) is 81.2 Å². The second-order valence-electron chi connectivity index (χ2n) is 19.0. The molecule has 4 aliphatic rings. The second kappa shape index (κ2) is 17.0. The number of imide groups is 2. The molecular weight excluding hydrogens is 841 g/mol. The lowest BCUT2D eigenvalue weighted by molar-refractivity contribution is 0.0877. The third kappa shape index (κ3) is 7.20. The van der Waals surface area contributed by atoms with Crippen LogP contribution in [0.3, 0.4) is 0 Å². The molecule has 2 fully saturated rings. The first kappa shape index (κ1) is 42.7. The van der Waals surface area contributed by atoms with Crippen LogP contribution in [0.5, 0.6) is 0 Å². The lowest BCUT2D eigenvalue weighted by atomic mass is 9.89. The minimum atomic E-state index is -0.372. The third-order valence-corrected chi connectivity index (χ3v) is 14.4. The van der Waals surface area contributed by atoms with Crippen LogP contribution in [-0.2, 0) is 0 Å². The van der Waals surface area contributed by atoms with Gasteiger partial charge in [-0.3, -0.25) is 19.2 Å². The Labute approximate surface area is 397 Å². The number of amides is 4. The van der Waals surface area contributed by atoms with Crippen LogP contribution in [0, 0.1) is 23.7 Å². The smallest absolute Gasteiger partial charge is 0.266 e. The van der Waals surface area contributed by atoms with Crippen LogP contribution in [0.1, 0.15) is 138 Å². The van der Waals surface area contributed by atoms with Crippen molar-refractivity contribution in [3.8, 4) is 23.7 Å². The Morgan fingerprint density at radius 1 is 0.426 bits per heavy atom. The van der Waals surface area contributed by atoms with Gasteiger partial charge in [0.15, 0.2) is 0 Å². The fraction of sp³-hybridized carbons (Fsp3) is 0.233. The van der Waals surface area contributed by atoms with Gasteiger partial charge in [0.05, 0.1) is 33.9 Å². The maximum atomic E-state index is 14.4. The van der Waals surface area contributed by atoms with E-state index in [0.29, 0.717) is 67.4 Å². The molecule has 8 nitrogen and oxygen atoms in total. The summed E-state index contributed by atoms with van der Waals surface area (Å²) in [4.78, 5) is 63.7. The predicted molar refractivity (Wildman–Crippen MR) is 273 cm³/mol. The largest absolute Gasteiger partial charge is 0.376 e. The average molecular weight is 891 g/mol. The molecule has 2 heterocycles. The Balaban J connectivity index is 0.935. The molecule has 4 amide bonds. The monoisotopic (exact) mass is 890 g/mol. The van der Waals surface area contributed by atoms with Crippen LogP contribution < -0.4 is 19.6 Å². The minimum absolute atomic E-state index is 0.336. The van der Waals surface area contributed by atoms with Gasteiger partial charge < -0.3 is 9.80 Å². The van der Waals surface area contributed by atoms with Crippen LogP contribution in [0.4, 0.5) is 22.7 Å². The lowest BCUT2D eigenvalue weighted by Crippen LogP contribution is -2.40.